The van der Waals surface area contributed by atoms with Crippen molar-refractivity contribution >= 4 is 16.5 Å². The van der Waals surface area contributed by atoms with Crippen LogP contribution in [0.2, 0.25) is 0 Å². The topological polar surface area (TPSA) is 42.1 Å². The lowest BCUT2D eigenvalue weighted by Gasteiger charge is -2.40. The Morgan fingerprint density at radius 1 is 1.23 bits per heavy atom. The van der Waals surface area contributed by atoms with Gasteiger partial charge in [-0.05, 0) is 29.4 Å². The smallest absolute Gasteiger partial charge is 0.185 e. The second kappa shape index (κ2) is 5.67. The van der Waals surface area contributed by atoms with Crippen LogP contribution in [0.15, 0.2) is 35.8 Å². The van der Waals surface area contributed by atoms with Crippen LogP contribution in [0.4, 0.5) is 5.13 Å². The number of hydrogen-bond acceptors (Lipinski definition) is 4. The van der Waals surface area contributed by atoms with Gasteiger partial charge in [0, 0.05) is 30.2 Å². The van der Waals surface area contributed by atoms with Gasteiger partial charge in [0.05, 0.1) is 0 Å². The van der Waals surface area contributed by atoms with E-state index in [-0.39, 0.29) is 11.0 Å². The summed E-state index contributed by atoms with van der Waals surface area (Å²) in [7, 11) is 0. The molecule has 0 unspecified atom stereocenters. The molecule has 1 saturated heterocycles. The predicted molar refractivity (Wildman–Crippen MR) is 94.6 cm³/mol. The first-order valence-corrected chi connectivity index (χ1v) is 8.81. The van der Waals surface area contributed by atoms with E-state index in [2.05, 4.69) is 54.9 Å². The van der Waals surface area contributed by atoms with E-state index in [4.69, 9.17) is 5.73 Å². The predicted octanol–water partition coefficient (Wildman–Crippen LogP) is 3.90. The quantitative estimate of drug-likeness (QED) is 0.914. The van der Waals surface area contributed by atoms with Crippen molar-refractivity contribution in [2.24, 2.45) is 5.73 Å². The maximum atomic E-state index is 6.76. The van der Waals surface area contributed by atoms with Gasteiger partial charge in [-0.25, -0.2) is 4.98 Å². The summed E-state index contributed by atoms with van der Waals surface area (Å²) in [4.78, 5) is 6.76. The van der Waals surface area contributed by atoms with E-state index < -0.39 is 0 Å². The first-order chi connectivity index (χ1) is 10.4. The van der Waals surface area contributed by atoms with E-state index in [0.29, 0.717) is 0 Å². The van der Waals surface area contributed by atoms with Crippen molar-refractivity contribution in [3.8, 4) is 0 Å². The van der Waals surface area contributed by atoms with Crippen molar-refractivity contribution in [1.82, 2.24) is 4.98 Å². The molecule has 1 fully saturated rings. The minimum Gasteiger partial charge on any atom is -0.348 e. The molecule has 2 N–H and O–H groups in total. The lowest BCUT2D eigenvalue weighted by molar-refractivity contribution is 0.342. The Hall–Kier alpha value is -1.39. The summed E-state index contributed by atoms with van der Waals surface area (Å²) in [6.45, 7) is 8.70. The Balaban J connectivity index is 1.78. The van der Waals surface area contributed by atoms with Crippen LogP contribution in [0, 0.1) is 0 Å². The first kappa shape index (κ1) is 15.5. The maximum Gasteiger partial charge on any atom is 0.185 e. The van der Waals surface area contributed by atoms with Gasteiger partial charge in [0.2, 0.25) is 0 Å². The SMILES string of the molecule is CC(C)(C)c1cccc(C2(N)CCN(c3nccs3)CC2)c1. The Morgan fingerprint density at radius 2 is 1.95 bits per heavy atom. The number of hydrogen-bond donors (Lipinski definition) is 1. The lowest BCUT2D eigenvalue weighted by Crippen LogP contribution is -2.48. The molecule has 0 saturated carbocycles. The van der Waals surface area contributed by atoms with Gasteiger partial charge in [-0.1, -0.05) is 45.0 Å². The summed E-state index contributed by atoms with van der Waals surface area (Å²) in [5.74, 6) is 0. The van der Waals surface area contributed by atoms with Gasteiger partial charge < -0.3 is 10.6 Å². The molecule has 0 atom stereocenters. The summed E-state index contributed by atoms with van der Waals surface area (Å²) in [5, 5.41) is 3.15. The zero-order chi connectivity index (χ0) is 15.8. The molecule has 4 heteroatoms. The molecule has 22 heavy (non-hydrogen) atoms. The van der Waals surface area contributed by atoms with Crippen molar-refractivity contribution < 1.29 is 0 Å². The zero-order valence-corrected chi connectivity index (χ0v) is 14.5. The van der Waals surface area contributed by atoms with Crippen molar-refractivity contribution in [3.63, 3.8) is 0 Å². The molecule has 0 spiro atoms. The van der Waals surface area contributed by atoms with E-state index >= 15 is 0 Å². The molecule has 1 aromatic heterocycles. The molecule has 0 aliphatic carbocycles. The van der Waals surface area contributed by atoms with E-state index in [0.717, 1.165) is 31.1 Å². The number of nitrogens with zero attached hydrogens (tertiary/aromatic N) is 2. The van der Waals surface area contributed by atoms with Crippen LogP contribution in [-0.4, -0.2) is 18.1 Å². The van der Waals surface area contributed by atoms with Crippen LogP contribution in [0.25, 0.3) is 0 Å². The van der Waals surface area contributed by atoms with Gasteiger partial charge in [0.25, 0.3) is 0 Å². The molecule has 1 aromatic carbocycles. The molecule has 0 radical (unpaired) electrons. The first-order valence-electron chi connectivity index (χ1n) is 7.93. The third-order valence-electron chi connectivity index (χ3n) is 4.65. The van der Waals surface area contributed by atoms with Crippen molar-refractivity contribution in [2.75, 3.05) is 18.0 Å². The van der Waals surface area contributed by atoms with Gasteiger partial charge in [-0.2, -0.15) is 0 Å². The highest BCUT2D eigenvalue weighted by Crippen LogP contribution is 2.34. The van der Waals surface area contributed by atoms with E-state index in [9.17, 15) is 0 Å². The molecule has 2 aromatic rings. The van der Waals surface area contributed by atoms with E-state index in [1.54, 1.807) is 11.3 Å². The number of aromatic nitrogens is 1. The normalized spacial score (nSPS) is 18.5. The van der Waals surface area contributed by atoms with Crippen LogP contribution in [0.3, 0.4) is 0 Å². The molecule has 3 nitrogen and oxygen atoms in total. The second-order valence-electron chi connectivity index (χ2n) is 7.29. The van der Waals surface area contributed by atoms with E-state index in [1.807, 2.05) is 11.6 Å². The number of nitrogens with two attached hydrogens (primary N) is 1. The molecule has 1 aliphatic rings. The summed E-state index contributed by atoms with van der Waals surface area (Å²) < 4.78 is 0. The number of anilines is 1. The summed E-state index contributed by atoms with van der Waals surface area (Å²) in [5.41, 5.74) is 9.35. The molecular formula is C18H25N3S. The minimum absolute atomic E-state index is 0.161. The molecule has 0 amide bonds. The third-order valence-corrected chi connectivity index (χ3v) is 5.48. The number of piperidine rings is 1. The minimum atomic E-state index is -0.213. The highest BCUT2D eigenvalue weighted by Gasteiger charge is 2.33. The van der Waals surface area contributed by atoms with Gasteiger partial charge in [0.1, 0.15) is 0 Å². The monoisotopic (exact) mass is 315 g/mol. The third kappa shape index (κ3) is 3.03. The number of thiazole rings is 1. The molecule has 1 aliphatic heterocycles. The van der Waals surface area contributed by atoms with Gasteiger partial charge in [-0.15, -0.1) is 11.3 Å². The molecule has 2 heterocycles. The highest BCUT2D eigenvalue weighted by atomic mass is 32.1. The van der Waals surface area contributed by atoms with Gasteiger partial charge >= 0.3 is 0 Å². The van der Waals surface area contributed by atoms with Crippen LogP contribution >= 0.6 is 11.3 Å². The standard InChI is InChI=1S/C18H25N3S/c1-17(2,3)14-5-4-6-15(13-14)18(19)7-10-21(11-8-18)16-20-9-12-22-16/h4-6,9,12-13H,7-8,10-11,19H2,1-3H3. The highest BCUT2D eigenvalue weighted by molar-refractivity contribution is 7.13. The number of rotatable bonds is 2. The van der Waals surface area contributed by atoms with E-state index in [1.165, 1.54) is 11.1 Å². The fraction of sp³-hybridized carbons (Fsp3) is 0.500. The fourth-order valence-electron chi connectivity index (χ4n) is 3.05. The summed E-state index contributed by atoms with van der Waals surface area (Å²) in [6, 6.07) is 8.85. The van der Waals surface area contributed by atoms with Crippen LogP contribution in [0.1, 0.15) is 44.7 Å². The lowest BCUT2D eigenvalue weighted by atomic mass is 9.78. The Labute approximate surface area is 137 Å². The van der Waals surface area contributed by atoms with Crippen LogP contribution in [-0.2, 0) is 11.0 Å². The molecule has 3 rings (SSSR count). The molecular weight excluding hydrogens is 290 g/mol. The average molecular weight is 315 g/mol. The molecule has 118 valence electrons. The van der Waals surface area contributed by atoms with Crippen molar-refractivity contribution in [3.05, 3.63) is 47.0 Å². The Kier molecular flexibility index (Phi) is 4.00. The van der Waals surface area contributed by atoms with Crippen LogP contribution in [0.5, 0.6) is 0 Å². The van der Waals surface area contributed by atoms with Crippen molar-refractivity contribution in [1.29, 1.82) is 0 Å². The average Bonchev–Trinajstić information content (AvgIpc) is 3.02. The van der Waals surface area contributed by atoms with Crippen LogP contribution < -0.4 is 10.6 Å². The maximum absolute atomic E-state index is 6.76. The number of benzene rings is 1. The Bertz CT molecular complexity index is 620. The molecule has 0 bridgehead atoms. The summed E-state index contributed by atoms with van der Waals surface area (Å²) in [6.07, 6.45) is 3.82. The Morgan fingerprint density at radius 3 is 2.55 bits per heavy atom. The van der Waals surface area contributed by atoms with Gasteiger partial charge in [-0.3, -0.25) is 0 Å². The fourth-order valence-corrected chi connectivity index (χ4v) is 3.75. The second-order valence-corrected chi connectivity index (χ2v) is 8.16. The zero-order valence-electron chi connectivity index (χ0n) is 13.7. The van der Waals surface area contributed by atoms with Crippen molar-refractivity contribution in [2.45, 2.75) is 44.6 Å². The summed E-state index contributed by atoms with van der Waals surface area (Å²) >= 11 is 1.71. The largest absolute Gasteiger partial charge is 0.348 e. The van der Waals surface area contributed by atoms with Gasteiger partial charge in [0.15, 0.2) is 5.13 Å².